The number of carbonyl (C=O) groups is 5. The number of rotatable bonds is 7. The molecule has 1 heterocycles. The second kappa shape index (κ2) is 10.4. The molecule has 0 radical (unpaired) electrons. The monoisotopic (exact) mass is 490 g/mol. The van der Waals surface area contributed by atoms with Crippen molar-refractivity contribution in [3.63, 3.8) is 0 Å². The van der Waals surface area contributed by atoms with Gasteiger partial charge in [-0.2, -0.15) is 0 Å². The second-order valence-electron chi connectivity index (χ2n) is 8.57. The summed E-state index contributed by atoms with van der Waals surface area (Å²) >= 11 is 0. The average Bonchev–Trinajstić information content (AvgIpc) is 2.76. The van der Waals surface area contributed by atoms with Crippen molar-refractivity contribution in [1.82, 2.24) is 0 Å². The van der Waals surface area contributed by atoms with E-state index in [-0.39, 0.29) is 41.9 Å². The van der Waals surface area contributed by atoms with Crippen LogP contribution < -0.4 is 0 Å². The molecular weight excluding hydrogens is 464 g/mol. The van der Waals surface area contributed by atoms with Crippen LogP contribution in [-0.4, -0.2) is 75.6 Å². The Labute approximate surface area is 200 Å². The lowest BCUT2D eigenvalue weighted by molar-refractivity contribution is -0.223. The number of esters is 2. The van der Waals surface area contributed by atoms with Crippen LogP contribution >= 0.6 is 0 Å². The first kappa shape index (κ1) is 26.0. The maximum absolute atomic E-state index is 13.1. The van der Waals surface area contributed by atoms with Gasteiger partial charge in [-0.1, -0.05) is 0 Å². The van der Waals surface area contributed by atoms with Gasteiger partial charge in [-0.3, -0.25) is 19.2 Å². The number of phenolic OH excluding ortho intramolecular Hbond substituents is 2. The molecule has 1 fully saturated rings. The number of carbonyl (C=O) groups excluding carboxylic acids is 5. The predicted octanol–water partition coefficient (Wildman–Crippen LogP) is 1.01. The van der Waals surface area contributed by atoms with Crippen LogP contribution in [0, 0.1) is 5.92 Å². The van der Waals surface area contributed by atoms with Crippen LogP contribution in [0.3, 0.4) is 0 Å². The minimum Gasteiger partial charge on any atom is -0.507 e. The number of benzene rings is 1. The predicted molar refractivity (Wildman–Crippen MR) is 117 cm³/mol. The summed E-state index contributed by atoms with van der Waals surface area (Å²) < 4.78 is 16.2. The van der Waals surface area contributed by atoms with Gasteiger partial charge in [-0.05, 0) is 25.1 Å². The molecule has 0 aromatic heterocycles. The Bertz CT molecular complexity index is 1100. The Morgan fingerprint density at radius 1 is 0.971 bits per heavy atom. The van der Waals surface area contributed by atoms with E-state index in [9.17, 15) is 39.3 Å². The van der Waals surface area contributed by atoms with Gasteiger partial charge in [0.1, 0.15) is 36.1 Å². The molecule has 5 atom stereocenters. The number of Topliss-reactive ketones (excluding diaryl/α,β-unsaturated/α-hetero) is 2. The van der Waals surface area contributed by atoms with Crippen molar-refractivity contribution in [3.8, 4) is 11.5 Å². The molecule has 0 saturated carbocycles. The molecule has 3 rings (SSSR count). The molecule has 1 aliphatic carbocycles. The van der Waals surface area contributed by atoms with Gasteiger partial charge in [-0.15, -0.1) is 0 Å². The third kappa shape index (κ3) is 5.57. The molecule has 1 aliphatic heterocycles. The van der Waals surface area contributed by atoms with E-state index in [1.807, 2.05) is 0 Å². The zero-order valence-corrected chi connectivity index (χ0v) is 19.3. The molecule has 11 heteroatoms. The number of aromatic hydroxyl groups is 2. The Hall–Kier alpha value is -3.57. The van der Waals surface area contributed by atoms with Crippen LogP contribution in [0.4, 0.5) is 0 Å². The molecule has 0 unspecified atom stereocenters. The van der Waals surface area contributed by atoms with Crippen molar-refractivity contribution in [2.45, 2.75) is 58.0 Å². The molecule has 11 nitrogen and oxygen atoms in total. The first-order chi connectivity index (χ1) is 16.4. The van der Waals surface area contributed by atoms with Crippen molar-refractivity contribution in [1.29, 1.82) is 0 Å². The van der Waals surface area contributed by atoms with Crippen LogP contribution in [0.15, 0.2) is 23.8 Å². The molecule has 188 valence electrons. The lowest BCUT2D eigenvalue weighted by atomic mass is 9.79. The van der Waals surface area contributed by atoms with Crippen molar-refractivity contribution in [2.24, 2.45) is 5.92 Å². The highest BCUT2D eigenvalue weighted by Crippen LogP contribution is 2.39. The number of ether oxygens (including phenoxy) is 3. The zero-order valence-electron chi connectivity index (χ0n) is 19.3. The van der Waals surface area contributed by atoms with Crippen molar-refractivity contribution < 1.29 is 53.5 Å². The first-order valence-corrected chi connectivity index (χ1v) is 10.9. The number of fused-ring (bicyclic) bond motifs is 1. The van der Waals surface area contributed by atoms with Gasteiger partial charge in [0.25, 0.3) is 0 Å². The second-order valence-corrected chi connectivity index (χ2v) is 8.57. The maximum Gasteiger partial charge on any atom is 0.303 e. The van der Waals surface area contributed by atoms with E-state index >= 15 is 0 Å². The molecule has 0 bridgehead atoms. The number of allylic oxidation sites excluding steroid dienone is 1. The first-order valence-electron chi connectivity index (χ1n) is 10.9. The van der Waals surface area contributed by atoms with E-state index in [4.69, 9.17) is 14.2 Å². The number of ketones is 3. The summed E-state index contributed by atoms with van der Waals surface area (Å²) in [7, 11) is 0. The van der Waals surface area contributed by atoms with Crippen LogP contribution in [0.2, 0.25) is 0 Å². The standard InChI is InChI=1S/C24H26O11/c1-10(25)6-14-23(32)19(9-33-11(2)26)35-18(24(14)34-12(3)27)8-13-7-17(30)20-15(28)4-5-16(29)21(20)22(13)31/h4-5,7,14,18-19,23-24,28-29,32H,6,8-9H2,1-3H3/t14-,18-,19+,23-,24+/m0/s1. The van der Waals surface area contributed by atoms with Gasteiger partial charge in [0.2, 0.25) is 0 Å². The van der Waals surface area contributed by atoms with Gasteiger partial charge in [0.05, 0.1) is 23.3 Å². The van der Waals surface area contributed by atoms with E-state index in [0.29, 0.717) is 0 Å². The molecule has 35 heavy (non-hydrogen) atoms. The highest BCUT2D eigenvalue weighted by Gasteiger charge is 2.48. The summed E-state index contributed by atoms with van der Waals surface area (Å²) in [5.74, 6) is -5.06. The van der Waals surface area contributed by atoms with E-state index < -0.39 is 65.3 Å². The Morgan fingerprint density at radius 2 is 1.60 bits per heavy atom. The molecule has 2 aliphatic rings. The van der Waals surface area contributed by atoms with Crippen LogP contribution in [0.5, 0.6) is 11.5 Å². The summed E-state index contributed by atoms with van der Waals surface area (Å²) in [6, 6.07) is 2.17. The number of aliphatic hydroxyl groups excluding tert-OH is 1. The SMILES string of the molecule is CC(=O)C[C@H]1[C@H](O)[C@@H](COC(C)=O)O[C@@H](CC2=CC(=O)c3c(O)ccc(O)c3C2=O)[C@@H]1OC(C)=O. The largest absolute Gasteiger partial charge is 0.507 e. The highest BCUT2D eigenvalue weighted by atomic mass is 16.6. The number of hydrogen-bond donors (Lipinski definition) is 3. The number of hydrogen-bond acceptors (Lipinski definition) is 11. The maximum atomic E-state index is 13.1. The van der Waals surface area contributed by atoms with Gasteiger partial charge >= 0.3 is 11.9 Å². The fourth-order valence-electron chi connectivity index (χ4n) is 4.44. The number of aliphatic hydroxyl groups is 1. The van der Waals surface area contributed by atoms with Gasteiger partial charge in [0, 0.05) is 38.2 Å². The summed E-state index contributed by atoms with van der Waals surface area (Å²) in [6.07, 6.45) is -4.25. The lowest BCUT2D eigenvalue weighted by Crippen LogP contribution is -2.57. The van der Waals surface area contributed by atoms with E-state index in [1.54, 1.807) is 0 Å². The molecular formula is C24H26O11. The van der Waals surface area contributed by atoms with Gasteiger partial charge in [-0.25, -0.2) is 0 Å². The third-order valence-corrected chi connectivity index (χ3v) is 5.89. The van der Waals surface area contributed by atoms with Crippen molar-refractivity contribution >= 4 is 29.3 Å². The number of phenols is 2. The third-order valence-electron chi connectivity index (χ3n) is 5.89. The summed E-state index contributed by atoms with van der Waals surface area (Å²) in [4.78, 5) is 60.8. The minimum absolute atomic E-state index is 0.102. The van der Waals surface area contributed by atoms with E-state index in [2.05, 4.69) is 0 Å². The Morgan fingerprint density at radius 3 is 2.17 bits per heavy atom. The van der Waals surface area contributed by atoms with Crippen LogP contribution in [0.1, 0.15) is 54.3 Å². The minimum atomic E-state index is -1.35. The fraction of sp³-hybridized carbons (Fsp3) is 0.458. The molecule has 1 saturated heterocycles. The fourth-order valence-corrected chi connectivity index (χ4v) is 4.44. The quantitative estimate of drug-likeness (QED) is 0.368. The average molecular weight is 490 g/mol. The van der Waals surface area contributed by atoms with Crippen LogP contribution in [-0.2, 0) is 28.6 Å². The molecule has 3 N–H and O–H groups in total. The van der Waals surface area contributed by atoms with Gasteiger partial charge < -0.3 is 34.3 Å². The van der Waals surface area contributed by atoms with E-state index in [0.717, 1.165) is 32.1 Å². The Kier molecular flexibility index (Phi) is 7.71. The topological polar surface area (TPSA) is 174 Å². The van der Waals surface area contributed by atoms with Crippen molar-refractivity contribution in [3.05, 3.63) is 34.9 Å². The van der Waals surface area contributed by atoms with Gasteiger partial charge in [0.15, 0.2) is 11.6 Å². The highest BCUT2D eigenvalue weighted by molar-refractivity contribution is 6.26. The smallest absolute Gasteiger partial charge is 0.303 e. The summed E-state index contributed by atoms with van der Waals surface area (Å²) in [5, 5.41) is 31.0. The van der Waals surface area contributed by atoms with E-state index in [1.165, 1.54) is 6.92 Å². The molecule has 0 spiro atoms. The van der Waals surface area contributed by atoms with Crippen LogP contribution in [0.25, 0.3) is 0 Å². The summed E-state index contributed by atoms with van der Waals surface area (Å²) in [5.41, 5.74) is -0.809. The summed E-state index contributed by atoms with van der Waals surface area (Å²) in [6.45, 7) is 3.22. The van der Waals surface area contributed by atoms with Crippen molar-refractivity contribution in [2.75, 3.05) is 6.61 Å². The zero-order chi connectivity index (χ0) is 26.0. The molecule has 0 amide bonds. The Balaban J connectivity index is 1.98. The normalized spacial score (nSPS) is 25.9. The molecule has 1 aromatic carbocycles. The molecule has 1 aromatic rings. The lowest BCUT2D eigenvalue weighted by Gasteiger charge is -2.44.